The fraction of sp³-hybridized carbons (Fsp3) is 0.357. The van der Waals surface area contributed by atoms with E-state index in [4.69, 9.17) is 11.6 Å². The van der Waals surface area contributed by atoms with Gasteiger partial charge in [0.15, 0.2) is 0 Å². The molecule has 1 atom stereocenters. The molecule has 0 aliphatic heterocycles. The number of rotatable bonds is 4. The van der Waals surface area contributed by atoms with Gasteiger partial charge in [-0.15, -0.1) is 0 Å². The van der Waals surface area contributed by atoms with Gasteiger partial charge in [-0.2, -0.15) is 5.10 Å². The molecule has 2 heterocycles. The van der Waals surface area contributed by atoms with Crippen molar-refractivity contribution in [3.63, 3.8) is 0 Å². The van der Waals surface area contributed by atoms with Crippen LogP contribution in [0.3, 0.4) is 0 Å². The molecule has 1 unspecified atom stereocenters. The fourth-order valence-electron chi connectivity index (χ4n) is 1.86. The summed E-state index contributed by atoms with van der Waals surface area (Å²) in [6.45, 7) is 5.74. The van der Waals surface area contributed by atoms with Crippen molar-refractivity contribution in [2.75, 3.05) is 5.32 Å². The second kappa shape index (κ2) is 6.05. The normalized spacial score (nSPS) is 12.4. The van der Waals surface area contributed by atoms with E-state index in [-0.39, 0.29) is 22.7 Å². The van der Waals surface area contributed by atoms with E-state index in [0.717, 1.165) is 5.56 Å². The summed E-state index contributed by atoms with van der Waals surface area (Å²) in [4.78, 5) is 16.1. The SMILES string of the molecule is CC(Nc1cnn(C(C)C)c(=O)c1Cl)c1cccnc1. The van der Waals surface area contributed by atoms with Gasteiger partial charge in [0, 0.05) is 12.4 Å². The molecule has 2 aromatic rings. The first-order chi connectivity index (χ1) is 9.50. The second-order valence-electron chi connectivity index (χ2n) is 4.87. The summed E-state index contributed by atoms with van der Waals surface area (Å²) in [5.41, 5.74) is 1.26. The van der Waals surface area contributed by atoms with Gasteiger partial charge in [-0.25, -0.2) is 4.68 Å². The maximum atomic E-state index is 12.1. The second-order valence-corrected chi connectivity index (χ2v) is 5.25. The van der Waals surface area contributed by atoms with Gasteiger partial charge in [-0.1, -0.05) is 17.7 Å². The Bertz CT molecular complexity index is 639. The molecule has 0 aliphatic carbocycles. The highest BCUT2D eigenvalue weighted by molar-refractivity contribution is 6.32. The van der Waals surface area contributed by atoms with E-state index in [1.807, 2.05) is 32.9 Å². The minimum atomic E-state index is -0.287. The number of anilines is 1. The number of pyridine rings is 1. The maximum absolute atomic E-state index is 12.1. The van der Waals surface area contributed by atoms with Crippen molar-refractivity contribution < 1.29 is 0 Å². The van der Waals surface area contributed by atoms with E-state index < -0.39 is 0 Å². The minimum absolute atomic E-state index is 0.0164. The van der Waals surface area contributed by atoms with Crippen LogP contribution in [0.1, 0.15) is 38.4 Å². The average Bonchev–Trinajstić information content (AvgIpc) is 2.44. The van der Waals surface area contributed by atoms with Gasteiger partial charge in [0.05, 0.1) is 24.0 Å². The first-order valence-electron chi connectivity index (χ1n) is 6.44. The Morgan fingerprint density at radius 3 is 2.65 bits per heavy atom. The molecule has 0 saturated carbocycles. The first kappa shape index (κ1) is 14.5. The van der Waals surface area contributed by atoms with Crippen molar-refractivity contribution in [2.24, 2.45) is 0 Å². The molecule has 5 nitrogen and oxygen atoms in total. The van der Waals surface area contributed by atoms with Gasteiger partial charge >= 0.3 is 0 Å². The smallest absolute Gasteiger partial charge is 0.287 e. The summed E-state index contributed by atoms with van der Waals surface area (Å²) in [7, 11) is 0. The Morgan fingerprint density at radius 2 is 2.05 bits per heavy atom. The molecule has 0 aliphatic rings. The highest BCUT2D eigenvalue weighted by atomic mass is 35.5. The van der Waals surface area contributed by atoms with E-state index in [2.05, 4.69) is 15.4 Å². The molecule has 0 amide bonds. The molecule has 0 saturated heterocycles. The standard InChI is InChI=1S/C14H17ClN4O/c1-9(2)19-14(20)13(15)12(8-17-19)18-10(3)11-5-4-6-16-7-11/h4-10,18H,1-3H3. The topological polar surface area (TPSA) is 59.8 Å². The van der Waals surface area contributed by atoms with Gasteiger partial charge in [0.1, 0.15) is 5.02 Å². The zero-order valence-corrected chi connectivity index (χ0v) is 12.4. The molecule has 2 rings (SSSR count). The van der Waals surface area contributed by atoms with Crippen molar-refractivity contribution in [2.45, 2.75) is 32.9 Å². The van der Waals surface area contributed by atoms with Crippen LogP contribution < -0.4 is 10.9 Å². The van der Waals surface area contributed by atoms with Crippen molar-refractivity contribution in [1.29, 1.82) is 0 Å². The number of halogens is 1. The summed E-state index contributed by atoms with van der Waals surface area (Å²) in [6.07, 6.45) is 5.07. The van der Waals surface area contributed by atoms with Gasteiger partial charge in [-0.3, -0.25) is 9.78 Å². The van der Waals surface area contributed by atoms with Crippen LogP contribution in [0, 0.1) is 0 Å². The molecule has 2 aromatic heterocycles. The summed E-state index contributed by atoms with van der Waals surface area (Å²) in [5, 5.41) is 7.47. The molecular weight excluding hydrogens is 276 g/mol. The van der Waals surface area contributed by atoms with E-state index in [0.29, 0.717) is 5.69 Å². The van der Waals surface area contributed by atoms with Crippen LogP contribution in [0.5, 0.6) is 0 Å². The Kier molecular flexibility index (Phi) is 4.39. The lowest BCUT2D eigenvalue weighted by Gasteiger charge is -2.17. The molecule has 0 radical (unpaired) electrons. The third-order valence-electron chi connectivity index (χ3n) is 2.99. The number of nitrogens with one attached hydrogen (secondary N) is 1. The highest BCUT2D eigenvalue weighted by Gasteiger charge is 2.13. The van der Waals surface area contributed by atoms with Crippen molar-refractivity contribution in [1.82, 2.24) is 14.8 Å². The highest BCUT2D eigenvalue weighted by Crippen LogP contribution is 2.22. The Labute approximate surface area is 122 Å². The zero-order valence-electron chi connectivity index (χ0n) is 11.7. The summed E-state index contributed by atoms with van der Waals surface area (Å²) < 4.78 is 1.36. The summed E-state index contributed by atoms with van der Waals surface area (Å²) in [5.74, 6) is 0. The van der Waals surface area contributed by atoms with Crippen LogP contribution in [0.2, 0.25) is 5.02 Å². The third kappa shape index (κ3) is 2.99. The Balaban J connectivity index is 2.27. The largest absolute Gasteiger partial charge is 0.376 e. The van der Waals surface area contributed by atoms with Crippen LogP contribution in [0.4, 0.5) is 5.69 Å². The summed E-state index contributed by atoms with van der Waals surface area (Å²) >= 11 is 6.12. The molecule has 0 aromatic carbocycles. The Morgan fingerprint density at radius 1 is 1.30 bits per heavy atom. The van der Waals surface area contributed by atoms with Crippen molar-refractivity contribution in [3.05, 3.63) is 51.7 Å². The zero-order chi connectivity index (χ0) is 14.7. The predicted molar refractivity (Wildman–Crippen MR) is 80.2 cm³/mol. The Hall–Kier alpha value is -1.88. The van der Waals surface area contributed by atoms with E-state index in [1.165, 1.54) is 4.68 Å². The van der Waals surface area contributed by atoms with E-state index in [1.54, 1.807) is 18.6 Å². The van der Waals surface area contributed by atoms with Crippen molar-refractivity contribution >= 4 is 17.3 Å². The van der Waals surface area contributed by atoms with E-state index in [9.17, 15) is 4.79 Å². The first-order valence-corrected chi connectivity index (χ1v) is 6.82. The maximum Gasteiger partial charge on any atom is 0.287 e. The molecule has 6 heteroatoms. The van der Waals surface area contributed by atoms with Crippen LogP contribution in [-0.4, -0.2) is 14.8 Å². The lowest BCUT2D eigenvalue weighted by molar-refractivity contribution is 0.503. The van der Waals surface area contributed by atoms with E-state index >= 15 is 0 Å². The molecule has 106 valence electrons. The number of aromatic nitrogens is 3. The number of hydrogen-bond acceptors (Lipinski definition) is 4. The monoisotopic (exact) mass is 292 g/mol. The van der Waals surface area contributed by atoms with Gasteiger partial charge in [0.2, 0.25) is 0 Å². The fourth-order valence-corrected chi connectivity index (χ4v) is 2.05. The molecule has 0 bridgehead atoms. The van der Waals surface area contributed by atoms with Crippen molar-refractivity contribution in [3.8, 4) is 0 Å². The van der Waals surface area contributed by atoms with Crippen LogP contribution >= 0.6 is 11.6 Å². The lowest BCUT2D eigenvalue weighted by Crippen LogP contribution is -2.26. The van der Waals surface area contributed by atoms with Gasteiger partial charge < -0.3 is 5.32 Å². The van der Waals surface area contributed by atoms with Gasteiger partial charge in [0.25, 0.3) is 5.56 Å². The number of nitrogens with zero attached hydrogens (tertiary/aromatic N) is 3. The summed E-state index contributed by atoms with van der Waals surface area (Å²) in [6, 6.07) is 3.79. The minimum Gasteiger partial charge on any atom is -0.376 e. The third-order valence-corrected chi connectivity index (χ3v) is 3.35. The average molecular weight is 293 g/mol. The molecule has 0 fully saturated rings. The van der Waals surface area contributed by atoms with Crippen LogP contribution in [-0.2, 0) is 0 Å². The predicted octanol–water partition coefficient (Wildman–Crippen LogP) is 3.05. The quantitative estimate of drug-likeness (QED) is 0.941. The number of hydrogen-bond donors (Lipinski definition) is 1. The molecule has 0 spiro atoms. The molecular formula is C14H17ClN4O. The van der Waals surface area contributed by atoms with Crippen LogP contribution in [0.25, 0.3) is 0 Å². The molecule has 20 heavy (non-hydrogen) atoms. The van der Waals surface area contributed by atoms with Gasteiger partial charge in [-0.05, 0) is 32.4 Å². The lowest BCUT2D eigenvalue weighted by atomic mass is 10.1. The molecule has 1 N–H and O–H groups in total. The van der Waals surface area contributed by atoms with Crippen LogP contribution in [0.15, 0.2) is 35.5 Å².